The second-order valence-corrected chi connectivity index (χ2v) is 8.95. The molecular formula is C27H29FN2O. The van der Waals surface area contributed by atoms with Gasteiger partial charge in [-0.3, -0.25) is 9.69 Å². The fraction of sp³-hybridized carbons (Fsp3) is 0.296. The van der Waals surface area contributed by atoms with E-state index in [0.717, 1.165) is 37.2 Å². The number of benzene rings is 3. The van der Waals surface area contributed by atoms with Crippen LogP contribution in [0.3, 0.4) is 0 Å². The summed E-state index contributed by atoms with van der Waals surface area (Å²) < 4.78 is 13.2. The molecule has 0 saturated carbocycles. The predicted octanol–water partition coefficient (Wildman–Crippen LogP) is 5.39. The van der Waals surface area contributed by atoms with Crippen LogP contribution >= 0.6 is 0 Å². The van der Waals surface area contributed by atoms with E-state index in [4.69, 9.17) is 5.73 Å². The third-order valence-electron chi connectivity index (χ3n) is 6.91. The first-order valence-corrected chi connectivity index (χ1v) is 10.8. The van der Waals surface area contributed by atoms with Crippen LogP contribution in [-0.2, 0) is 12.0 Å². The molecular weight excluding hydrogens is 387 g/mol. The maximum absolute atomic E-state index is 13.2. The summed E-state index contributed by atoms with van der Waals surface area (Å²) in [6, 6.07) is 22.9. The molecule has 1 heterocycles. The summed E-state index contributed by atoms with van der Waals surface area (Å²) in [6.45, 7) is 7.50. The molecule has 2 N–H and O–H groups in total. The van der Waals surface area contributed by atoms with Gasteiger partial charge in [-0.05, 0) is 70.8 Å². The van der Waals surface area contributed by atoms with Gasteiger partial charge in [0.15, 0.2) is 0 Å². The van der Waals surface area contributed by atoms with E-state index in [9.17, 15) is 9.18 Å². The first-order valence-electron chi connectivity index (χ1n) is 10.8. The fourth-order valence-corrected chi connectivity index (χ4v) is 4.62. The van der Waals surface area contributed by atoms with Crippen molar-refractivity contribution in [3.05, 3.63) is 95.3 Å². The Morgan fingerprint density at radius 2 is 1.71 bits per heavy atom. The Balaban J connectivity index is 1.42. The molecule has 160 valence electrons. The van der Waals surface area contributed by atoms with Crippen molar-refractivity contribution in [2.75, 3.05) is 13.1 Å². The zero-order valence-corrected chi connectivity index (χ0v) is 18.1. The Kier molecular flexibility index (Phi) is 5.92. The highest BCUT2D eigenvalue weighted by Crippen LogP contribution is 2.40. The van der Waals surface area contributed by atoms with Gasteiger partial charge in [0.2, 0.25) is 5.91 Å². The number of carbonyl (C=O) groups is 1. The van der Waals surface area contributed by atoms with Gasteiger partial charge in [0.1, 0.15) is 5.82 Å². The minimum atomic E-state index is -0.375. The third-order valence-corrected chi connectivity index (χ3v) is 6.91. The third kappa shape index (κ3) is 4.54. The minimum absolute atomic E-state index is 0.0222. The number of hydrogen-bond donors (Lipinski definition) is 1. The highest BCUT2D eigenvalue weighted by molar-refractivity contribution is 5.93. The second-order valence-electron chi connectivity index (χ2n) is 8.95. The lowest BCUT2D eigenvalue weighted by Gasteiger charge is -2.45. The summed E-state index contributed by atoms with van der Waals surface area (Å²) >= 11 is 0. The molecule has 0 aromatic heterocycles. The Morgan fingerprint density at radius 3 is 2.32 bits per heavy atom. The smallest absolute Gasteiger partial charge is 0.248 e. The number of piperidine rings is 1. The molecule has 4 heteroatoms. The maximum Gasteiger partial charge on any atom is 0.248 e. The van der Waals surface area contributed by atoms with E-state index in [1.165, 1.54) is 23.3 Å². The van der Waals surface area contributed by atoms with Crippen molar-refractivity contribution in [3.63, 3.8) is 0 Å². The number of primary amides is 1. The topological polar surface area (TPSA) is 46.3 Å². The van der Waals surface area contributed by atoms with Gasteiger partial charge in [0, 0.05) is 18.7 Å². The minimum Gasteiger partial charge on any atom is -0.366 e. The number of carbonyl (C=O) groups excluding carboxylic acids is 1. The fourth-order valence-electron chi connectivity index (χ4n) is 4.62. The van der Waals surface area contributed by atoms with Crippen LogP contribution < -0.4 is 5.73 Å². The van der Waals surface area contributed by atoms with E-state index in [0.29, 0.717) is 11.5 Å². The van der Waals surface area contributed by atoms with E-state index in [1.54, 1.807) is 6.07 Å². The van der Waals surface area contributed by atoms with Gasteiger partial charge in [-0.25, -0.2) is 4.39 Å². The molecule has 3 aromatic carbocycles. The van der Waals surface area contributed by atoms with Crippen LogP contribution in [-0.4, -0.2) is 23.9 Å². The molecule has 3 nitrogen and oxygen atoms in total. The molecule has 0 bridgehead atoms. The summed E-state index contributed by atoms with van der Waals surface area (Å²) in [6.07, 6.45) is 1.03. The summed E-state index contributed by atoms with van der Waals surface area (Å²) in [4.78, 5) is 14.1. The number of amides is 1. The van der Waals surface area contributed by atoms with Crippen LogP contribution in [0.5, 0.6) is 0 Å². The first-order chi connectivity index (χ1) is 14.8. The van der Waals surface area contributed by atoms with Crippen molar-refractivity contribution >= 4 is 5.91 Å². The number of hydrogen-bond acceptors (Lipinski definition) is 2. The molecule has 2 unspecified atom stereocenters. The zero-order valence-electron chi connectivity index (χ0n) is 18.1. The molecule has 2 atom stereocenters. The van der Waals surface area contributed by atoms with Crippen LogP contribution in [0.2, 0.25) is 0 Å². The van der Waals surface area contributed by atoms with Crippen molar-refractivity contribution in [2.24, 2.45) is 11.7 Å². The highest BCUT2D eigenvalue weighted by Gasteiger charge is 2.38. The van der Waals surface area contributed by atoms with E-state index < -0.39 is 0 Å². The lowest BCUT2D eigenvalue weighted by Crippen LogP contribution is -2.47. The summed E-state index contributed by atoms with van der Waals surface area (Å²) in [7, 11) is 0. The Morgan fingerprint density at radius 1 is 1.06 bits per heavy atom. The first kappa shape index (κ1) is 21.3. The van der Waals surface area contributed by atoms with Crippen LogP contribution in [0, 0.1) is 11.7 Å². The second kappa shape index (κ2) is 8.64. The lowest BCUT2D eigenvalue weighted by atomic mass is 9.68. The van der Waals surface area contributed by atoms with Crippen molar-refractivity contribution < 1.29 is 9.18 Å². The normalized spacial score (nSPS) is 21.7. The lowest BCUT2D eigenvalue weighted by molar-refractivity contribution is 0.0996. The standard InChI is InChI=1S/C27H29FN2O/c1-19-17-30(15-14-27(19,2)24-5-3-4-23(16-24)26(29)31)18-20-6-8-21(9-7-20)22-10-12-25(28)13-11-22/h3-13,16,19H,14-15,17-18H2,1-2H3,(H2,29,31). The van der Waals surface area contributed by atoms with Crippen molar-refractivity contribution in [2.45, 2.75) is 32.2 Å². The average Bonchev–Trinajstić information content (AvgIpc) is 2.77. The van der Waals surface area contributed by atoms with E-state index in [2.05, 4.69) is 49.1 Å². The number of rotatable bonds is 5. The molecule has 0 radical (unpaired) electrons. The van der Waals surface area contributed by atoms with Gasteiger partial charge < -0.3 is 5.73 Å². The van der Waals surface area contributed by atoms with Gasteiger partial charge >= 0.3 is 0 Å². The SMILES string of the molecule is CC1CN(Cc2ccc(-c3ccc(F)cc3)cc2)CCC1(C)c1cccc(C(N)=O)c1. The highest BCUT2D eigenvalue weighted by atomic mass is 19.1. The maximum atomic E-state index is 13.2. The number of halogens is 1. The van der Waals surface area contributed by atoms with Gasteiger partial charge in [-0.15, -0.1) is 0 Å². The molecule has 1 aliphatic heterocycles. The molecule has 1 fully saturated rings. The molecule has 31 heavy (non-hydrogen) atoms. The Labute approximate surface area is 183 Å². The van der Waals surface area contributed by atoms with Gasteiger partial charge in [0.05, 0.1) is 0 Å². The van der Waals surface area contributed by atoms with Crippen LogP contribution in [0.1, 0.15) is 41.8 Å². The largest absolute Gasteiger partial charge is 0.366 e. The Bertz CT molecular complexity index is 1060. The van der Waals surface area contributed by atoms with Crippen LogP contribution in [0.4, 0.5) is 4.39 Å². The van der Waals surface area contributed by atoms with Crippen LogP contribution in [0.15, 0.2) is 72.8 Å². The van der Waals surface area contributed by atoms with E-state index in [1.807, 2.05) is 24.3 Å². The molecule has 4 rings (SSSR count). The van der Waals surface area contributed by atoms with Crippen molar-refractivity contribution in [3.8, 4) is 11.1 Å². The van der Waals surface area contributed by atoms with Crippen LogP contribution in [0.25, 0.3) is 11.1 Å². The molecule has 1 saturated heterocycles. The number of nitrogens with zero attached hydrogens (tertiary/aromatic N) is 1. The van der Waals surface area contributed by atoms with Gasteiger partial charge in [-0.1, -0.05) is 62.4 Å². The number of nitrogens with two attached hydrogens (primary N) is 1. The summed E-state index contributed by atoms with van der Waals surface area (Å²) in [5, 5.41) is 0. The molecule has 0 spiro atoms. The monoisotopic (exact) mass is 416 g/mol. The zero-order chi connectivity index (χ0) is 22.0. The van der Waals surface area contributed by atoms with Gasteiger partial charge in [-0.2, -0.15) is 0 Å². The molecule has 1 aliphatic rings. The van der Waals surface area contributed by atoms with E-state index >= 15 is 0 Å². The van der Waals surface area contributed by atoms with Gasteiger partial charge in [0.25, 0.3) is 0 Å². The summed E-state index contributed by atoms with van der Waals surface area (Å²) in [5.74, 6) is -0.143. The summed E-state index contributed by atoms with van der Waals surface area (Å²) in [5.41, 5.74) is 10.7. The van der Waals surface area contributed by atoms with Crippen molar-refractivity contribution in [1.29, 1.82) is 0 Å². The number of likely N-dealkylation sites (tertiary alicyclic amines) is 1. The predicted molar refractivity (Wildman–Crippen MR) is 123 cm³/mol. The Hall–Kier alpha value is -2.98. The molecule has 3 aromatic rings. The van der Waals surface area contributed by atoms with E-state index in [-0.39, 0.29) is 17.1 Å². The van der Waals surface area contributed by atoms with Crippen molar-refractivity contribution in [1.82, 2.24) is 4.90 Å². The molecule has 1 amide bonds. The quantitative estimate of drug-likeness (QED) is 0.606. The molecule has 0 aliphatic carbocycles. The average molecular weight is 417 g/mol.